The Labute approximate surface area is 101 Å². The van der Waals surface area contributed by atoms with E-state index in [1.54, 1.807) is 6.07 Å². The maximum atomic E-state index is 10.7. The Balaban J connectivity index is 2.48. The maximum absolute atomic E-state index is 10.7. The van der Waals surface area contributed by atoms with Crippen molar-refractivity contribution in [3.05, 3.63) is 21.7 Å². The van der Waals surface area contributed by atoms with E-state index in [9.17, 15) is 4.79 Å². The van der Waals surface area contributed by atoms with Gasteiger partial charge in [-0.05, 0) is 40.0 Å². The number of carboxylic acids is 1. The Morgan fingerprint density at radius 1 is 1.50 bits per heavy atom. The van der Waals surface area contributed by atoms with Crippen molar-refractivity contribution in [3.63, 3.8) is 0 Å². The minimum absolute atomic E-state index is 0.0128. The lowest BCUT2D eigenvalue weighted by atomic mass is 10.0. The molecule has 0 aromatic heterocycles. The predicted molar refractivity (Wildman–Crippen MR) is 61.2 cm³/mol. The molecule has 16 heavy (non-hydrogen) atoms. The third-order valence-corrected chi connectivity index (χ3v) is 3.42. The van der Waals surface area contributed by atoms with Crippen LogP contribution in [-0.2, 0) is 11.2 Å². The van der Waals surface area contributed by atoms with Crippen molar-refractivity contribution >= 4 is 21.9 Å². The minimum atomic E-state index is -0.855. The highest BCUT2D eigenvalue weighted by molar-refractivity contribution is 9.10. The van der Waals surface area contributed by atoms with E-state index in [0.29, 0.717) is 24.7 Å². The second kappa shape index (κ2) is 4.33. The zero-order valence-electron chi connectivity index (χ0n) is 8.75. The molecule has 0 atom stereocenters. The lowest BCUT2D eigenvalue weighted by molar-refractivity contribution is -0.136. The molecule has 1 heterocycles. The molecular formula is C11H11BrO4. The molecule has 0 spiro atoms. The molecule has 0 bridgehead atoms. The van der Waals surface area contributed by atoms with E-state index < -0.39 is 5.97 Å². The first-order chi connectivity index (χ1) is 7.59. The van der Waals surface area contributed by atoms with Crippen LogP contribution in [0, 0.1) is 6.92 Å². The molecule has 0 saturated heterocycles. The molecule has 4 nitrogen and oxygen atoms in total. The van der Waals surface area contributed by atoms with Crippen molar-refractivity contribution in [2.24, 2.45) is 0 Å². The Hall–Kier alpha value is -1.23. The van der Waals surface area contributed by atoms with Crippen LogP contribution in [0.3, 0.4) is 0 Å². The van der Waals surface area contributed by atoms with Gasteiger partial charge in [0.1, 0.15) is 13.2 Å². The van der Waals surface area contributed by atoms with Gasteiger partial charge in [-0.25, -0.2) is 0 Å². The van der Waals surface area contributed by atoms with Gasteiger partial charge in [0.25, 0.3) is 0 Å². The summed E-state index contributed by atoms with van der Waals surface area (Å²) >= 11 is 3.41. The molecule has 1 aliphatic rings. The van der Waals surface area contributed by atoms with Gasteiger partial charge in [0.05, 0.1) is 10.9 Å². The summed E-state index contributed by atoms with van der Waals surface area (Å²) < 4.78 is 11.7. The zero-order valence-corrected chi connectivity index (χ0v) is 10.3. The number of fused-ring (bicyclic) bond motifs is 1. The van der Waals surface area contributed by atoms with E-state index >= 15 is 0 Å². The highest BCUT2D eigenvalue weighted by Crippen LogP contribution is 2.41. The van der Waals surface area contributed by atoms with Crippen molar-refractivity contribution in [1.29, 1.82) is 0 Å². The quantitative estimate of drug-likeness (QED) is 0.905. The van der Waals surface area contributed by atoms with E-state index in [4.69, 9.17) is 14.6 Å². The molecule has 0 amide bonds. The van der Waals surface area contributed by atoms with Crippen LogP contribution in [0.15, 0.2) is 10.5 Å². The highest BCUT2D eigenvalue weighted by atomic mass is 79.9. The SMILES string of the molecule is Cc1c(CC(=O)O)cc2c(c1Br)OCCO2. The first kappa shape index (κ1) is 11.3. The molecular weight excluding hydrogens is 276 g/mol. The lowest BCUT2D eigenvalue weighted by Gasteiger charge is -2.22. The Morgan fingerprint density at radius 2 is 2.19 bits per heavy atom. The van der Waals surface area contributed by atoms with E-state index in [-0.39, 0.29) is 6.42 Å². The molecule has 86 valence electrons. The summed E-state index contributed by atoms with van der Waals surface area (Å²) in [6.45, 7) is 2.87. The van der Waals surface area contributed by atoms with Crippen molar-refractivity contribution in [3.8, 4) is 11.5 Å². The zero-order chi connectivity index (χ0) is 11.7. The van der Waals surface area contributed by atoms with E-state index in [2.05, 4.69) is 15.9 Å². The van der Waals surface area contributed by atoms with E-state index in [1.807, 2.05) is 6.92 Å². The molecule has 1 N–H and O–H groups in total. The van der Waals surface area contributed by atoms with E-state index in [0.717, 1.165) is 15.6 Å². The second-order valence-corrected chi connectivity index (χ2v) is 4.36. The molecule has 0 saturated carbocycles. The first-order valence-electron chi connectivity index (χ1n) is 4.89. The van der Waals surface area contributed by atoms with Gasteiger partial charge in [-0.15, -0.1) is 0 Å². The molecule has 1 aliphatic heterocycles. The van der Waals surface area contributed by atoms with Crippen LogP contribution in [0.2, 0.25) is 0 Å². The number of halogens is 1. The second-order valence-electron chi connectivity index (χ2n) is 3.57. The fourth-order valence-electron chi connectivity index (χ4n) is 1.64. The largest absolute Gasteiger partial charge is 0.486 e. The van der Waals surface area contributed by atoms with Crippen molar-refractivity contribution < 1.29 is 19.4 Å². The number of aliphatic carboxylic acids is 1. The summed E-state index contributed by atoms with van der Waals surface area (Å²) in [7, 11) is 0. The van der Waals surface area contributed by atoms with Crippen LogP contribution in [0.4, 0.5) is 0 Å². The monoisotopic (exact) mass is 286 g/mol. The lowest BCUT2D eigenvalue weighted by Crippen LogP contribution is -2.17. The maximum Gasteiger partial charge on any atom is 0.307 e. The highest BCUT2D eigenvalue weighted by Gasteiger charge is 2.20. The molecule has 1 aromatic rings. The molecule has 2 rings (SSSR count). The summed E-state index contributed by atoms with van der Waals surface area (Å²) in [6, 6.07) is 1.74. The van der Waals surface area contributed by atoms with Crippen LogP contribution in [0.1, 0.15) is 11.1 Å². The summed E-state index contributed by atoms with van der Waals surface area (Å²) in [6.07, 6.45) is -0.0128. The smallest absolute Gasteiger partial charge is 0.307 e. The van der Waals surface area contributed by atoms with Crippen LogP contribution in [0.25, 0.3) is 0 Å². The third kappa shape index (κ3) is 2.00. The predicted octanol–water partition coefficient (Wildman–Crippen LogP) is 2.16. The van der Waals surface area contributed by atoms with Gasteiger partial charge in [0, 0.05) is 0 Å². The first-order valence-corrected chi connectivity index (χ1v) is 5.68. The molecule has 0 fully saturated rings. The number of benzene rings is 1. The molecule has 5 heteroatoms. The molecule has 0 radical (unpaired) electrons. The average molecular weight is 287 g/mol. The van der Waals surface area contributed by atoms with Gasteiger partial charge in [-0.3, -0.25) is 4.79 Å². The van der Waals surface area contributed by atoms with Crippen molar-refractivity contribution in [1.82, 2.24) is 0 Å². The average Bonchev–Trinajstić information content (AvgIpc) is 2.25. The standard InChI is InChI=1S/C11H11BrO4/c1-6-7(5-9(13)14)4-8-11(10(6)12)16-3-2-15-8/h4H,2-3,5H2,1H3,(H,13,14). The fraction of sp³-hybridized carbons (Fsp3) is 0.364. The van der Waals surface area contributed by atoms with Gasteiger partial charge in [-0.2, -0.15) is 0 Å². The van der Waals surface area contributed by atoms with Crippen molar-refractivity contribution in [2.75, 3.05) is 13.2 Å². The number of carbonyl (C=O) groups is 1. The topological polar surface area (TPSA) is 55.8 Å². The number of hydrogen-bond donors (Lipinski definition) is 1. The van der Waals surface area contributed by atoms with Gasteiger partial charge in [-0.1, -0.05) is 0 Å². The van der Waals surface area contributed by atoms with Gasteiger partial charge in [0.15, 0.2) is 11.5 Å². The summed E-state index contributed by atoms with van der Waals surface area (Å²) in [5.41, 5.74) is 1.62. The summed E-state index contributed by atoms with van der Waals surface area (Å²) in [5, 5.41) is 8.80. The van der Waals surface area contributed by atoms with Crippen LogP contribution in [0.5, 0.6) is 11.5 Å². The van der Waals surface area contributed by atoms with E-state index in [1.165, 1.54) is 0 Å². The fourth-order valence-corrected chi connectivity index (χ4v) is 2.20. The molecule has 1 aromatic carbocycles. The normalized spacial score (nSPS) is 13.6. The Kier molecular flexibility index (Phi) is 3.05. The van der Waals surface area contributed by atoms with Crippen LogP contribution < -0.4 is 9.47 Å². The van der Waals surface area contributed by atoms with Crippen molar-refractivity contribution in [2.45, 2.75) is 13.3 Å². The van der Waals surface area contributed by atoms with Gasteiger partial charge >= 0.3 is 5.97 Å². The summed E-state index contributed by atoms with van der Waals surface area (Å²) in [4.78, 5) is 10.7. The minimum Gasteiger partial charge on any atom is -0.486 e. The van der Waals surface area contributed by atoms with Crippen LogP contribution >= 0.6 is 15.9 Å². The van der Waals surface area contributed by atoms with Gasteiger partial charge < -0.3 is 14.6 Å². The third-order valence-electron chi connectivity index (χ3n) is 2.47. The number of hydrogen-bond acceptors (Lipinski definition) is 3. The molecule has 0 aliphatic carbocycles. The Bertz CT molecular complexity index is 442. The number of carboxylic acid groups (broad SMARTS) is 1. The number of ether oxygens (including phenoxy) is 2. The van der Waals surface area contributed by atoms with Crippen LogP contribution in [-0.4, -0.2) is 24.3 Å². The molecule has 0 unspecified atom stereocenters. The van der Waals surface area contributed by atoms with Gasteiger partial charge in [0.2, 0.25) is 0 Å². The number of rotatable bonds is 2. The Morgan fingerprint density at radius 3 is 2.88 bits per heavy atom. The summed E-state index contributed by atoms with van der Waals surface area (Å²) in [5.74, 6) is 0.421.